The first-order valence-electron chi connectivity index (χ1n) is 7.74. The molecule has 1 unspecified atom stereocenters. The molecule has 0 saturated heterocycles. The Bertz CT molecular complexity index is 680. The normalized spacial score (nSPS) is 12.0. The number of rotatable bonds is 7. The van der Waals surface area contributed by atoms with Gasteiger partial charge in [-0.25, -0.2) is 9.48 Å². The minimum atomic E-state index is -0.650. The number of esters is 1. The molecule has 0 spiro atoms. The number of carbonyl (C=O) groups excluding carboxylic acids is 2. The van der Waals surface area contributed by atoms with E-state index in [1.54, 1.807) is 6.92 Å². The lowest BCUT2D eigenvalue weighted by atomic mass is 10.1. The molecule has 6 heteroatoms. The SMILES string of the molecule is CCCCOC(=O)C(C)n1nnc(C(C)=O)c1-c1ccccc1. The van der Waals surface area contributed by atoms with E-state index in [0.717, 1.165) is 18.4 Å². The highest BCUT2D eigenvalue weighted by molar-refractivity contribution is 5.98. The Hall–Kier alpha value is -2.50. The molecule has 6 nitrogen and oxygen atoms in total. The van der Waals surface area contributed by atoms with Crippen LogP contribution in [-0.4, -0.2) is 33.4 Å². The Labute approximate surface area is 135 Å². The number of hydrogen-bond donors (Lipinski definition) is 0. The summed E-state index contributed by atoms with van der Waals surface area (Å²) in [7, 11) is 0. The molecule has 1 aromatic carbocycles. The number of ketones is 1. The Balaban J connectivity index is 2.35. The fourth-order valence-corrected chi connectivity index (χ4v) is 2.20. The molecule has 0 aliphatic rings. The number of carbonyl (C=O) groups is 2. The first kappa shape index (κ1) is 16.9. The summed E-state index contributed by atoms with van der Waals surface area (Å²) >= 11 is 0. The molecular weight excluding hydrogens is 294 g/mol. The highest BCUT2D eigenvalue weighted by Gasteiger charge is 2.25. The molecule has 1 atom stereocenters. The predicted molar refractivity (Wildman–Crippen MR) is 86.0 cm³/mol. The third kappa shape index (κ3) is 3.83. The van der Waals surface area contributed by atoms with Crippen molar-refractivity contribution in [3.05, 3.63) is 36.0 Å². The van der Waals surface area contributed by atoms with Crippen LogP contribution in [0.1, 0.15) is 50.1 Å². The van der Waals surface area contributed by atoms with Crippen molar-refractivity contribution in [2.75, 3.05) is 6.61 Å². The van der Waals surface area contributed by atoms with Crippen molar-refractivity contribution in [1.29, 1.82) is 0 Å². The van der Waals surface area contributed by atoms with E-state index in [9.17, 15) is 9.59 Å². The van der Waals surface area contributed by atoms with Crippen molar-refractivity contribution in [2.24, 2.45) is 0 Å². The molecule has 0 N–H and O–H groups in total. The Morgan fingerprint density at radius 3 is 2.57 bits per heavy atom. The molecule has 1 aromatic heterocycles. The van der Waals surface area contributed by atoms with E-state index in [1.807, 2.05) is 37.3 Å². The molecule has 0 saturated carbocycles. The van der Waals surface area contributed by atoms with Gasteiger partial charge < -0.3 is 4.74 Å². The zero-order chi connectivity index (χ0) is 16.8. The van der Waals surface area contributed by atoms with Crippen molar-refractivity contribution in [3.63, 3.8) is 0 Å². The smallest absolute Gasteiger partial charge is 0.330 e. The fraction of sp³-hybridized carbons (Fsp3) is 0.412. The minimum Gasteiger partial charge on any atom is -0.464 e. The topological polar surface area (TPSA) is 74.1 Å². The van der Waals surface area contributed by atoms with Crippen LogP contribution >= 0.6 is 0 Å². The van der Waals surface area contributed by atoms with Gasteiger partial charge >= 0.3 is 5.97 Å². The summed E-state index contributed by atoms with van der Waals surface area (Å²) in [5.41, 5.74) is 1.58. The van der Waals surface area contributed by atoms with Gasteiger partial charge in [0.25, 0.3) is 0 Å². The number of hydrogen-bond acceptors (Lipinski definition) is 5. The molecule has 0 radical (unpaired) electrons. The number of aromatic nitrogens is 3. The predicted octanol–water partition coefficient (Wildman–Crippen LogP) is 3.05. The molecular formula is C17H21N3O3. The molecule has 0 amide bonds. The maximum atomic E-state index is 12.2. The zero-order valence-electron chi connectivity index (χ0n) is 13.7. The van der Waals surface area contributed by atoms with Gasteiger partial charge in [-0.1, -0.05) is 48.9 Å². The molecule has 0 bridgehead atoms. The van der Waals surface area contributed by atoms with Gasteiger partial charge in [0.05, 0.1) is 6.61 Å². The molecule has 23 heavy (non-hydrogen) atoms. The molecule has 122 valence electrons. The van der Waals surface area contributed by atoms with Gasteiger partial charge in [-0.3, -0.25) is 4.79 Å². The van der Waals surface area contributed by atoms with Crippen LogP contribution in [0.4, 0.5) is 0 Å². The summed E-state index contributed by atoms with van der Waals surface area (Å²) in [6.45, 7) is 5.54. The maximum absolute atomic E-state index is 12.2. The van der Waals surface area contributed by atoms with Crippen LogP contribution in [0.5, 0.6) is 0 Å². The molecule has 2 rings (SSSR count). The van der Waals surface area contributed by atoms with Gasteiger partial charge in [-0.15, -0.1) is 5.10 Å². The first-order chi connectivity index (χ1) is 11.1. The van der Waals surface area contributed by atoms with Crippen LogP contribution in [0.3, 0.4) is 0 Å². The number of ether oxygens (including phenoxy) is 1. The van der Waals surface area contributed by atoms with E-state index >= 15 is 0 Å². The second-order valence-electron chi connectivity index (χ2n) is 5.35. The number of nitrogens with zero attached hydrogens (tertiary/aromatic N) is 3. The first-order valence-corrected chi connectivity index (χ1v) is 7.74. The highest BCUT2D eigenvalue weighted by atomic mass is 16.5. The largest absolute Gasteiger partial charge is 0.464 e. The van der Waals surface area contributed by atoms with Crippen LogP contribution in [0.15, 0.2) is 30.3 Å². The fourth-order valence-electron chi connectivity index (χ4n) is 2.20. The second kappa shape index (κ2) is 7.67. The molecule has 0 aliphatic heterocycles. The molecule has 0 fully saturated rings. The Kier molecular flexibility index (Phi) is 5.62. The quantitative estimate of drug-likeness (QED) is 0.446. The zero-order valence-corrected chi connectivity index (χ0v) is 13.7. The van der Waals surface area contributed by atoms with Crippen molar-refractivity contribution in [1.82, 2.24) is 15.0 Å². The van der Waals surface area contributed by atoms with Gasteiger partial charge in [0.1, 0.15) is 11.7 Å². The lowest BCUT2D eigenvalue weighted by Gasteiger charge is -2.14. The lowest BCUT2D eigenvalue weighted by molar-refractivity contribution is -0.147. The van der Waals surface area contributed by atoms with Crippen molar-refractivity contribution < 1.29 is 14.3 Å². The Morgan fingerprint density at radius 2 is 1.96 bits per heavy atom. The highest BCUT2D eigenvalue weighted by Crippen LogP contribution is 2.25. The van der Waals surface area contributed by atoms with E-state index < -0.39 is 6.04 Å². The summed E-state index contributed by atoms with van der Waals surface area (Å²) < 4.78 is 6.71. The summed E-state index contributed by atoms with van der Waals surface area (Å²) in [6, 6.07) is 8.67. The minimum absolute atomic E-state index is 0.193. The van der Waals surface area contributed by atoms with E-state index in [0.29, 0.717) is 12.3 Å². The van der Waals surface area contributed by atoms with Gasteiger partial charge in [0.15, 0.2) is 11.5 Å². The molecule has 1 heterocycles. The average Bonchev–Trinajstić information content (AvgIpc) is 3.00. The lowest BCUT2D eigenvalue weighted by Crippen LogP contribution is -2.21. The summed E-state index contributed by atoms with van der Waals surface area (Å²) in [4.78, 5) is 24.0. The van der Waals surface area contributed by atoms with E-state index in [-0.39, 0.29) is 17.4 Å². The number of benzene rings is 1. The van der Waals surface area contributed by atoms with Crippen molar-refractivity contribution >= 4 is 11.8 Å². The van der Waals surface area contributed by atoms with Crippen LogP contribution < -0.4 is 0 Å². The van der Waals surface area contributed by atoms with Gasteiger partial charge in [-0.2, -0.15) is 0 Å². The van der Waals surface area contributed by atoms with Gasteiger partial charge in [0.2, 0.25) is 0 Å². The third-order valence-electron chi connectivity index (χ3n) is 3.53. The van der Waals surface area contributed by atoms with E-state index in [2.05, 4.69) is 10.3 Å². The van der Waals surface area contributed by atoms with E-state index in [4.69, 9.17) is 4.74 Å². The van der Waals surface area contributed by atoms with Gasteiger partial charge in [0, 0.05) is 12.5 Å². The van der Waals surface area contributed by atoms with Crippen LogP contribution in [0.25, 0.3) is 11.3 Å². The van der Waals surface area contributed by atoms with Crippen molar-refractivity contribution in [3.8, 4) is 11.3 Å². The second-order valence-corrected chi connectivity index (χ2v) is 5.35. The standard InChI is InChI=1S/C17H21N3O3/c1-4-5-11-23-17(22)12(2)20-16(14-9-7-6-8-10-14)15(13(3)21)18-19-20/h6-10,12H,4-5,11H2,1-3H3. The maximum Gasteiger partial charge on any atom is 0.330 e. The third-order valence-corrected chi connectivity index (χ3v) is 3.53. The van der Waals surface area contributed by atoms with Gasteiger partial charge in [-0.05, 0) is 13.3 Å². The average molecular weight is 315 g/mol. The van der Waals surface area contributed by atoms with Crippen LogP contribution in [0, 0.1) is 0 Å². The summed E-state index contributed by atoms with van der Waals surface area (Å²) in [5, 5.41) is 7.96. The monoisotopic (exact) mass is 315 g/mol. The van der Waals surface area contributed by atoms with Crippen LogP contribution in [0.2, 0.25) is 0 Å². The van der Waals surface area contributed by atoms with Crippen molar-refractivity contribution in [2.45, 2.75) is 39.7 Å². The van der Waals surface area contributed by atoms with Crippen LogP contribution in [-0.2, 0) is 9.53 Å². The summed E-state index contributed by atoms with van der Waals surface area (Å²) in [5.74, 6) is -0.572. The summed E-state index contributed by atoms with van der Waals surface area (Å²) in [6.07, 6.45) is 1.77. The Morgan fingerprint density at radius 1 is 1.26 bits per heavy atom. The number of Topliss-reactive ketones (excluding diaryl/α,β-unsaturated/α-hetero) is 1. The molecule has 0 aliphatic carbocycles. The number of unbranched alkanes of at least 4 members (excludes halogenated alkanes) is 1. The molecule has 2 aromatic rings. The van der Waals surface area contributed by atoms with E-state index in [1.165, 1.54) is 11.6 Å².